The van der Waals surface area contributed by atoms with E-state index >= 15 is 0 Å². The summed E-state index contributed by atoms with van der Waals surface area (Å²) < 4.78 is 2.26. The van der Waals surface area contributed by atoms with Crippen LogP contribution in [0.4, 0.5) is 5.69 Å². The average Bonchev–Trinajstić information content (AvgIpc) is 3.24. The van der Waals surface area contributed by atoms with E-state index in [1.807, 2.05) is 6.07 Å². The Bertz CT molecular complexity index is 754. The minimum atomic E-state index is 0.0972. The van der Waals surface area contributed by atoms with Gasteiger partial charge in [0.25, 0.3) is 0 Å². The van der Waals surface area contributed by atoms with Gasteiger partial charge in [0.2, 0.25) is 5.91 Å². The fourth-order valence-corrected chi connectivity index (χ4v) is 3.83. The van der Waals surface area contributed by atoms with Crippen LogP contribution in [0.25, 0.3) is 0 Å². The molecular formula is C19H25N5O. The number of para-hydroxylation sites is 1. The SMILES string of the molecule is O=C(CN1CCc2ccccc21)NCCCc1nnc2n1CCCC2. The van der Waals surface area contributed by atoms with Gasteiger partial charge >= 0.3 is 0 Å². The number of benzene rings is 1. The number of aromatic nitrogens is 3. The number of nitrogens with one attached hydrogen (secondary N) is 1. The van der Waals surface area contributed by atoms with Crippen molar-refractivity contribution >= 4 is 11.6 Å². The van der Waals surface area contributed by atoms with Gasteiger partial charge in [-0.2, -0.15) is 0 Å². The molecule has 4 rings (SSSR count). The number of hydrogen-bond acceptors (Lipinski definition) is 4. The molecule has 0 radical (unpaired) electrons. The van der Waals surface area contributed by atoms with E-state index in [9.17, 15) is 4.79 Å². The lowest BCUT2D eigenvalue weighted by molar-refractivity contribution is -0.119. The highest BCUT2D eigenvalue weighted by atomic mass is 16.2. The molecule has 0 saturated carbocycles. The summed E-state index contributed by atoms with van der Waals surface area (Å²) in [6, 6.07) is 8.34. The number of carbonyl (C=O) groups excluding carboxylic acids is 1. The van der Waals surface area contributed by atoms with Crippen molar-refractivity contribution < 1.29 is 4.79 Å². The van der Waals surface area contributed by atoms with E-state index in [0.717, 1.165) is 50.4 Å². The minimum absolute atomic E-state index is 0.0972. The lowest BCUT2D eigenvalue weighted by atomic mass is 10.1. The third kappa shape index (κ3) is 3.52. The minimum Gasteiger partial charge on any atom is -0.362 e. The maximum absolute atomic E-state index is 12.2. The van der Waals surface area contributed by atoms with Crippen molar-refractivity contribution in [2.45, 2.75) is 45.1 Å². The Morgan fingerprint density at radius 3 is 3.00 bits per heavy atom. The van der Waals surface area contributed by atoms with Crippen molar-refractivity contribution in [2.75, 3.05) is 24.5 Å². The van der Waals surface area contributed by atoms with Gasteiger partial charge in [0.05, 0.1) is 6.54 Å². The standard InChI is InChI=1S/C19H25N5O/c25-19(14-23-13-10-15-6-1-2-7-16(15)23)20-11-5-9-18-22-21-17-8-3-4-12-24(17)18/h1-2,6-7H,3-5,8-14H2,(H,20,25). The zero-order valence-corrected chi connectivity index (χ0v) is 14.6. The summed E-state index contributed by atoms with van der Waals surface area (Å²) in [5.41, 5.74) is 2.54. The van der Waals surface area contributed by atoms with Crippen LogP contribution in [0.5, 0.6) is 0 Å². The highest BCUT2D eigenvalue weighted by Gasteiger charge is 2.20. The molecule has 1 aromatic carbocycles. The lowest BCUT2D eigenvalue weighted by Crippen LogP contribution is -2.37. The molecule has 0 unspecified atom stereocenters. The molecule has 0 aliphatic carbocycles. The third-order valence-electron chi connectivity index (χ3n) is 5.15. The monoisotopic (exact) mass is 339 g/mol. The third-order valence-corrected chi connectivity index (χ3v) is 5.15. The molecule has 0 bridgehead atoms. The van der Waals surface area contributed by atoms with Crippen molar-refractivity contribution in [3.05, 3.63) is 41.5 Å². The van der Waals surface area contributed by atoms with Crippen LogP contribution < -0.4 is 10.2 Å². The summed E-state index contributed by atoms with van der Waals surface area (Å²) in [6.45, 7) is 3.10. The summed E-state index contributed by atoms with van der Waals surface area (Å²) in [5, 5.41) is 11.6. The van der Waals surface area contributed by atoms with E-state index in [-0.39, 0.29) is 5.91 Å². The zero-order chi connectivity index (χ0) is 17.1. The van der Waals surface area contributed by atoms with E-state index in [0.29, 0.717) is 13.1 Å². The van der Waals surface area contributed by atoms with Crippen molar-refractivity contribution in [3.8, 4) is 0 Å². The van der Waals surface area contributed by atoms with E-state index in [4.69, 9.17) is 0 Å². The van der Waals surface area contributed by atoms with Gasteiger partial charge in [-0.1, -0.05) is 18.2 Å². The van der Waals surface area contributed by atoms with Gasteiger partial charge in [0.15, 0.2) is 0 Å². The largest absolute Gasteiger partial charge is 0.362 e. The summed E-state index contributed by atoms with van der Waals surface area (Å²) in [7, 11) is 0. The topological polar surface area (TPSA) is 63.1 Å². The van der Waals surface area contributed by atoms with Gasteiger partial charge in [-0.05, 0) is 37.3 Å². The van der Waals surface area contributed by atoms with Crippen molar-refractivity contribution in [1.29, 1.82) is 0 Å². The Labute approximate surface area is 148 Å². The van der Waals surface area contributed by atoms with Crippen molar-refractivity contribution in [3.63, 3.8) is 0 Å². The number of amides is 1. The first-order valence-corrected chi connectivity index (χ1v) is 9.32. The van der Waals surface area contributed by atoms with Crippen LogP contribution in [0.3, 0.4) is 0 Å². The molecule has 2 aliphatic rings. The second-order valence-corrected chi connectivity index (χ2v) is 6.89. The number of anilines is 1. The summed E-state index contributed by atoms with van der Waals surface area (Å²) >= 11 is 0. The predicted octanol–water partition coefficient (Wildman–Crippen LogP) is 1.73. The van der Waals surface area contributed by atoms with Gasteiger partial charge in [-0.3, -0.25) is 4.79 Å². The number of fused-ring (bicyclic) bond motifs is 2. The normalized spacial score (nSPS) is 15.8. The maximum atomic E-state index is 12.2. The number of nitrogens with zero attached hydrogens (tertiary/aromatic N) is 4. The van der Waals surface area contributed by atoms with Crippen LogP contribution >= 0.6 is 0 Å². The van der Waals surface area contributed by atoms with Crippen LogP contribution in [0.1, 0.15) is 36.5 Å². The first-order valence-electron chi connectivity index (χ1n) is 9.32. The highest BCUT2D eigenvalue weighted by molar-refractivity contribution is 5.82. The number of carbonyl (C=O) groups is 1. The molecule has 3 heterocycles. The van der Waals surface area contributed by atoms with Crippen LogP contribution in [0.15, 0.2) is 24.3 Å². The van der Waals surface area contributed by atoms with Crippen LogP contribution in [0.2, 0.25) is 0 Å². The van der Waals surface area contributed by atoms with Crippen LogP contribution in [-0.4, -0.2) is 40.3 Å². The molecule has 2 aromatic rings. The van der Waals surface area contributed by atoms with Crippen molar-refractivity contribution in [2.24, 2.45) is 0 Å². The second kappa shape index (κ2) is 7.25. The molecule has 0 atom stereocenters. The lowest BCUT2D eigenvalue weighted by Gasteiger charge is -2.18. The Balaban J connectivity index is 1.22. The first-order chi connectivity index (χ1) is 12.3. The van der Waals surface area contributed by atoms with Crippen molar-refractivity contribution in [1.82, 2.24) is 20.1 Å². The molecule has 0 fully saturated rings. The van der Waals surface area contributed by atoms with E-state index in [2.05, 4.69) is 43.2 Å². The molecule has 0 spiro atoms. The summed E-state index contributed by atoms with van der Waals surface area (Å²) in [6.07, 6.45) is 6.28. The highest BCUT2D eigenvalue weighted by Crippen LogP contribution is 2.26. The Morgan fingerprint density at radius 1 is 1.12 bits per heavy atom. The quantitative estimate of drug-likeness (QED) is 0.814. The molecule has 6 nitrogen and oxygen atoms in total. The molecule has 6 heteroatoms. The van der Waals surface area contributed by atoms with Gasteiger partial charge in [0, 0.05) is 38.2 Å². The Kier molecular flexibility index (Phi) is 4.68. The first kappa shape index (κ1) is 16.1. The second-order valence-electron chi connectivity index (χ2n) is 6.89. The average molecular weight is 339 g/mol. The molecule has 1 amide bonds. The zero-order valence-electron chi connectivity index (χ0n) is 14.6. The van der Waals surface area contributed by atoms with Gasteiger partial charge in [0.1, 0.15) is 11.6 Å². The van der Waals surface area contributed by atoms with Crippen LogP contribution in [0, 0.1) is 0 Å². The van der Waals surface area contributed by atoms with Gasteiger partial charge < -0.3 is 14.8 Å². The Morgan fingerprint density at radius 2 is 2.04 bits per heavy atom. The summed E-state index contributed by atoms with van der Waals surface area (Å²) in [5.74, 6) is 2.29. The molecular weight excluding hydrogens is 314 g/mol. The number of rotatable bonds is 6. The van der Waals surface area contributed by atoms with Gasteiger partial charge in [-0.25, -0.2) is 0 Å². The van der Waals surface area contributed by atoms with Crippen LogP contribution in [-0.2, 0) is 30.6 Å². The van der Waals surface area contributed by atoms with E-state index in [1.165, 1.54) is 24.1 Å². The molecule has 2 aliphatic heterocycles. The van der Waals surface area contributed by atoms with Gasteiger partial charge in [-0.15, -0.1) is 10.2 Å². The molecule has 25 heavy (non-hydrogen) atoms. The maximum Gasteiger partial charge on any atom is 0.239 e. The number of hydrogen-bond donors (Lipinski definition) is 1. The fourth-order valence-electron chi connectivity index (χ4n) is 3.83. The molecule has 1 N–H and O–H groups in total. The number of aryl methyl sites for hydroxylation is 2. The predicted molar refractivity (Wildman–Crippen MR) is 96.6 cm³/mol. The Hall–Kier alpha value is -2.37. The fraction of sp³-hybridized carbons (Fsp3) is 0.526. The van der Waals surface area contributed by atoms with E-state index < -0.39 is 0 Å². The summed E-state index contributed by atoms with van der Waals surface area (Å²) in [4.78, 5) is 14.4. The smallest absolute Gasteiger partial charge is 0.239 e. The van der Waals surface area contributed by atoms with E-state index in [1.54, 1.807) is 0 Å². The molecule has 132 valence electrons. The molecule has 0 saturated heterocycles. The molecule has 1 aromatic heterocycles.